The molecule has 0 heterocycles. The molecular formula is C14H12BrClFNO2S. The lowest BCUT2D eigenvalue weighted by atomic mass is 9.99. The molecular weight excluding hydrogens is 381 g/mol. The third kappa shape index (κ3) is 3.63. The van der Waals surface area contributed by atoms with E-state index in [0.717, 1.165) is 6.26 Å². The molecule has 2 aromatic carbocycles. The van der Waals surface area contributed by atoms with Crippen molar-refractivity contribution in [1.82, 2.24) is 0 Å². The Morgan fingerprint density at radius 3 is 2.57 bits per heavy atom. The highest BCUT2D eigenvalue weighted by atomic mass is 79.9. The first-order valence-corrected chi connectivity index (χ1v) is 8.96. The van der Waals surface area contributed by atoms with Crippen molar-refractivity contribution >= 4 is 37.4 Å². The van der Waals surface area contributed by atoms with E-state index in [1.54, 1.807) is 12.1 Å². The Hall–Kier alpha value is -0.950. The highest BCUT2D eigenvalue weighted by Crippen LogP contribution is 2.31. The van der Waals surface area contributed by atoms with Crippen molar-refractivity contribution in [2.45, 2.75) is 10.9 Å². The number of hydrogen-bond donors (Lipinski definition) is 1. The maximum atomic E-state index is 14.0. The summed E-state index contributed by atoms with van der Waals surface area (Å²) < 4.78 is 37.6. The van der Waals surface area contributed by atoms with Gasteiger partial charge in [0.25, 0.3) is 0 Å². The van der Waals surface area contributed by atoms with E-state index >= 15 is 0 Å². The molecule has 7 heteroatoms. The van der Waals surface area contributed by atoms with Crippen molar-refractivity contribution in [2.24, 2.45) is 5.73 Å². The molecule has 0 aliphatic carbocycles. The first kappa shape index (κ1) is 16.4. The summed E-state index contributed by atoms with van der Waals surface area (Å²) in [6.45, 7) is 0. The van der Waals surface area contributed by atoms with Gasteiger partial charge in [-0.3, -0.25) is 0 Å². The second-order valence-electron chi connectivity index (χ2n) is 4.61. The number of sulfone groups is 1. The van der Waals surface area contributed by atoms with E-state index in [1.165, 1.54) is 24.3 Å². The Morgan fingerprint density at radius 1 is 1.29 bits per heavy atom. The molecule has 0 saturated carbocycles. The topological polar surface area (TPSA) is 60.2 Å². The van der Waals surface area contributed by atoms with Gasteiger partial charge in [0, 0.05) is 16.3 Å². The van der Waals surface area contributed by atoms with Gasteiger partial charge in [0.2, 0.25) is 0 Å². The van der Waals surface area contributed by atoms with Crippen LogP contribution >= 0.6 is 27.5 Å². The van der Waals surface area contributed by atoms with Gasteiger partial charge >= 0.3 is 0 Å². The molecule has 0 fully saturated rings. The minimum absolute atomic E-state index is 0.138. The Kier molecular flexibility index (Phi) is 4.72. The molecule has 2 rings (SSSR count). The minimum Gasteiger partial charge on any atom is -0.320 e. The zero-order valence-corrected chi connectivity index (χ0v) is 14.1. The average Bonchev–Trinajstić information content (AvgIpc) is 2.41. The van der Waals surface area contributed by atoms with Crippen LogP contribution in [-0.2, 0) is 9.84 Å². The molecule has 0 radical (unpaired) electrons. The van der Waals surface area contributed by atoms with Crippen molar-refractivity contribution in [3.63, 3.8) is 0 Å². The van der Waals surface area contributed by atoms with E-state index in [0.29, 0.717) is 15.1 Å². The maximum Gasteiger partial charge on any atom is 0.175 e. The Labute approximate surface area is 136 Å². The van der Waals surface area contributed by atoms with Crippen molar-refractivity contribution in [3.8, 4) is 0 Å². The molecule has 112 valence electrons. The third-order valence-corrected chi connectivity index (χ3v) is 5.33. The SMILES string of the molecule is CS(=O)(=O)c1cccc(C(N)c2cc(Cl)c(Br)cc2F)c1. The summed E-state index contributed by atoms with van der Waals surface area (Å²) in [6.07, 6.45) is 1.11. The van der Waals surface area contributed by atoms with Gasteiger partial charge in [-0.05, 0) is 45.8 Å². The van der Waals surface area contributed by atoms with E-state index in [4.69, 9.17) is 17.3 Å². The highest BCUT2D eigenvalue weighted by Gasteiger charge is 2.17. The number of benzene rings is 2. The molecule has 0 aromatic heterocycles. The van der Waals surface area contributed by atoms with Crippen LogP contribution in [0.5, 0.6) is 0 Å². The molecule has 2 aromatic rings. The summed E-state index contributed by atoms with van der Waals surface area (Å²) >= 11 is 9.09. The van der Waals surface area contributed by atoms with Crippen LogP contribution in [0, 0.1) is 5.82 Å². The monoisotopic (exact) mass is 391 g/mol. The zero-order valence-electron chi connectivity index (χ0n) is 11.0. The molecule has 2 N–H and O–H groups in total. The molecule has 1 atom stereocenters. The summed E-state index contributed by atoms with van der Waals surface area (Å²) in [7, 11) is -3.35. The molecule has 3 nitrogen and oxygen atoms in total. The molecule has 0 saturated heterocycles. The highest BCUT2D eigenvalue weighted by molar-refractivity contribution is 9.10. The lowest BCUT2D eigenvalue weighted by molar-refractivity contribution is 0.597. The number of rotatable bonds is 3. The summed E-state index contributed by atoms with van der Waals surface area (Å²) in [4.78, 5) is 0.138. The van der Waals surface area contributed by atoms with Gasteiger partial charge in [0.1, 0.15) is 5.82 Å². The normalized spacial score (nSPS) is 13.2. The van der Waals surface area contributed by atoms with Crippen molar-refractivity contribution in [2.75, 3.05) is 6.26 Å². The smallest absolute Gasteiger partial charge is 0.175 e. The van der Waals surface area contributed by atoms with Crippen LogP contribution in [0.2, 0.25) is 5.02 Å². The first-order chi connectivity index (χ1) is 9.70. The Morgan fingerprint density at radius 2 is 1.95 bits per heavy atom. The van der Waals surface area contributed by atoms with Crippen LogP contribution in [0.4, 0.5) is 4.39 Å². The summed E-state index contributed by atoms with van der Waals surface area (Å²) in [6, 6.07) is 7.98. The number of halogens is 3. The average molecular weight is 393 g/mol. The van der Waals surface area contributed by atoms with Gasteiger partial charge in [0.05, 0.1) is 16.0 Å². The summed E-state index contributed by atoms with van der Waals surface area (Å²) in [5.74, 6) is -0.511. The molecule has 0 aliphatic heterocycles. The van der Waals surface area contributed by atoms with Crippen LogP contribution < -0.4 is 5.73 Å². The predicted octanol–water partition coefficient (Wildman–Crippen LogP) is 3.69. The van der Waals surface area contributed by atoms with Crippen molar-refractivity contribution in [3.05, 3.63) is 62.8 Å². The van der Waals surface area contributed by atoms with Crippen LogP contribution in [0.3, 0.4) is 0 Å². The first-order valence-electron chi connectivity index (χ1n) is 5.90. The van der Waals surface area contributed by atoms with Crippen LogP contribution in [0.1, 0.15) is 17.2 Å². The standard InChI is InChI=1S/C14H12BrClFNO2S/c1-21(19,20)9-4-2-3-8(5-9)14(18)10-6-12(16)11(15)7-13(10)17/h2-7,14H,18H2,1H3. The van der Waals surface area contributed by atoms with Crippen LogP contribution in [0.25, 0.3) is 0 Å². The largest absolute Gasteiger partial charge is 0.320 e. The van der Waals surface area contributed by atoms with E-state index in [-0.39, 0.29) is 10.5 Å². The molecule has 0 bridgehead atoms. The lowest BCUT2D eigenvalue weighted by Crippen LogP contribution is -2.14. The third-order valence-electron chi connectivity index (χ3n) is 3.02. The maximum absolute atomic E-state index is 14.0. The Balaban J connectivity index is 2.50. The number of nitrogens with two attached hydrogens (primary N) is 1. The quantitative estimate of drug-likeness (QED) is 0.810. The molecule has 0 aliphatic rings. The second kappa shape index (κ2) is 6.04. The fraction of sp³-hybridized carbons (Fsp3) is 0.143. The predicted molar refractivity (Wildman–Crippen MR) is 84.7 cm³/mol. The van der Waals surface area contributed by atoms with Crippen molar-refractivity contribution < 1.29 is 12.8 Å². The molecule has 0 amide bonds. The van der Waals surface area contributed by atoms with Crippen LogP contribution in [0.15, 0.2) is 45.8 Å². The van der Waals surface area contributed by atoms with E-state index in [1.807, 2.05) is 0 Å². The molecule has 1 unspecified atom stereocenters. The Bertz CT molecular complexity index is 796. The van der Waals surface area contributed by atoms with Gasteiger partial charge < -0.3 is 5.73 Å². The fourth-order valence-corrected chi connectivity index (χ4v) is 3.06. The van der Waals surface area contributed by atoms with Crippen molar-refractivity contribution in [1.29, 1.82) is 0 Å². The molecule has 0 spiro atoms. The summed E-state index contributed by atoms with van der Waals surface area (Å²) in [5.41, 5.74) is 6.74. The number of hydrogen-bond acceptors (Lipinski definition) is 3. The summed E-state index contributed by atoms with van der Waals surface area (Å²) in [5, 5.41) is 0.334. The second-order valence-corrected chi connectivity index (χ2v) is 7.89. The van der Waals surface area contributed by atoms with Gasteiger partial charge in [-0.1, -0.05) is 23.7 Å². The van der Waals surface area contributed by atoms with Gasteiger partial charge in [0.15, 0.2) is 9.84 Å². The molecule has 21 heavy (non-hydrogen) atoms. The fourth-order valence-electron chi connectivity index (χ4n) is 1.89. The lowest BCUT2D eigenvalue weighted by Gasteiger charge is -2.15. The van der Waals surface area contributed by atoms with Gasteiger partial charge in [-0.15, -0.1) is 0 Å². The van der Waals surface area contributed by atoms with Gasteiger partial charge in [-0.2, -0.15) is 0 Å². The van der Waals surface area contributed by atoms with E-state index in [9.17, 15) is 12.8 Å². The van der Waals surface area contributed by atoms with Gasteiger partial charge in [-0.25, -0.2) is 12.8 Å². The van der Waals surface area contributed by atoms with E-state index in [2.05, 4.69) is 15.9 Å². The minimum atomic E-state index is -3.35. The zero-order chi connectivity index (χ0) is 15.8. The van der Waals surface area contributed by atoms with E-state index < -0.39 is 21.7 Å². The van der Waals surface area contributed by atoms with Crippen LogP contribution in [-0.4, -0.2) is 14.7 Å².